The number of carbonyl (C=O) groups is 1. The average molecular weight is 251 g/mol. The summed E-state index contributed by atoms with van der Waals surface area (Å²) in [6.45, 7) is 0. The number of halogens is 1. The van der Waals surface area contributed by atoms with E-state index in [0.717, 1.165) is 11.6 Å². The molecule has 0 radical (unpaired) electrons. The fraction of sp³-hybridized carbons (Fsp3) is 0.900. The highest BCUT2D eigenvalue weighted by Gasteiger charge is 2.24. The number of amides is 1. The standard InChI is InChI=1S/C10H18N2OS.ClH/c13-10(9-6-14-7-11-9)12-8-4-2-1-3-5-8;/h8-9,11H,1-7H2,(H,12,13);1H. The van der Waals surface area contributed by atoms with Crippen LogP contribution < -0.4 is 10.6 Å². The van der Waals surface area contributed by atoms with Crippen molar-refractivity contribution in [1.29, 1.82) is 0 Å². The molecule has 2 fully saturated rings. The summed E-state index contributed by atoms with van der Waals surface area (Å²) in [6, 6.07) is 0.505. The Kier molecular flexibility index (Phi) is 5.79. The Morgan fingerprint density at radius 3 is 2.60 bits per heavy atom. The normalized spacial score (nSPS) is 27.1. The van der Waals surface area contributed by atoms with Gasteiger partial charge in [-0.3, -0.25) is 10.1 Å². The SMILES string of the molecule is Cl.O=C(NC1CCCCC1)C1CSCN1. The molecule has 1 amide bonds. The summed E-state index contributed by atoms with van der Waals surface area (Å²) >= 11 is 1.80. The second-order valence-electron chi connectivity index (χ2n) is 4.12. The second kappa shape index (κ2) is 6.61. The zero-order valence-corrected chi connectivity index (χ0v) is 10.5. The molecule has 2 N–H and O–H groups in total. The van der Waals surface area contributed by atoms with Gasteiger partial charge in [-0.15, -0.1) is 24.2 Å². The molecule has 0 spiro atoms. The predicted molar refractivity (Wildman–Crippen MR) is 66.5 cm³/mol. The van der Waals surface area contributed by atoms with Crippen molar-refractivity contribution < 1.29 is 4.79 Å². The van der Waals surface area contributed by atoms with E-state index < -0.39 is 0 Å². The molecule has 3 nitrogen and oxygen atoms in total. The van der Waals surface area contributed by atoms with Gasteiger partial charge in [-0.1, -0.05) is 19.3 Å². The minimum absolute atomic E-state index is 0. The molecule has 1 saturated carbocycles. The number of nitrogens with one attached hydrogen (secondary N) is 2. The number of hydrogen-bond acceptors (Lipinski definition) is 3. The minimum Gasteiger partial charge on any atom is -0.352 e. The number of carbonyl (C=O) groups excluding carboxylic acids is 1. The van der Waals surface area contributed by atoms with Crippen molar-refractivity contribution in [2.24, 2.45) is 0 Å². The van der Waals surface area contributed by atoms with Gasteiger partial charge in [0.05, 0.1) is 6.04 Å². The quantitative estimate of drug-likeness (QED) is 0.781. The van der Waals surface area contributed by atoms with Gasteiger partial charge in [0.15, 0.2) is 0 Å². The third-order valence-electron chi connectivity index (χ3n) is 2.98. The van der Waals surface area contributed by atoms with Crippen LogP contribution in [0.3, 0.4) is 0 Å². The Balaban J connectivity index is 0.00000112. The first-order chi connectivity index (χ1) is 6.86. The van der Waals surface area contributed by atoms with Crippen LogP contribution in [0, 0.1) is 0 Å². The molecule has 0 aromatic heterocycles. The minimum atomic E-state index is 0. The lowest BCUT2D eigenvalue weighted by Crippen LogP contribution is -2.46. The molecule has 1 saturated heterocycles. The van der Waals surface area contributed by atoms with E-state index in [1.807, 2.05) is 0 Å². The van der Waals surface area contributed by atoms with Crippen LogP contribution in [0.5, 0.6) is 0 Å². The van der Waals surface area contributed by atoms with Gasteiger partial charge in [0.25, 0.3) is 0 Å². The average Bonchev–Trinajstić information content (AvgIpc) is 2.72. The predicted octanol–water partition coefficient (Wildman–Crippen LogP) is 1.52. The van der Waals surface area contributed by atoms with E-state index in [0.29, 0.717) is 6.04 Å². The van der Waals surface area contributed by atoms with Crippen molar-refractivity contribution in [3.8, 4) is 0 Å². The van der Waals surface area contributed by atoms with Crippen LogP contribution in [0.4, 0.5) is 0 Å². The number of thioether (sulfide) groups is 1. The molecule has 5 heteroatoms. The van der Waals surface area contributed by atoms with Crippen molar-refractivity contribution in [2.45, 2.75) is 44.2 Å². The summed E-state index contributed by atoms with van der Waals surface area (Å²) in [5.74, 6) is 2.06. The zero-order valence-electron chi connectivity index (χ0n) is 8.83. The first-order valence-electron chi connectivity index (χ1n) is 5.48. The van der Waals surface area contributed by atoms with Gasteiger partial charge in [0.2, 0.25) is 5.91 Å². The van der Waals surface area contributed by atoms with Crippen LogP contribution in [-0.4, -0.2) is 29.6 Å². The molecule has 0 aromatic rings. The maximum atomic E-state index is 11.7. The Bertz CT molecular complexity index is 204. The monoisotopic (exact) mass is 250 g/mol. The second-order valence-corrected chi connectivity index (χ2v) is 5.15. The van der Waals surface area contributed by atoms with E-state index >= 15 is 0 Å². The van der Waals surface area contributed by atoms with Crippen LogP contribution in [0.25, 0.3) is 0 Å². The summed E-state index contributed by atoms with van der Waals surface area (Å²) < 4.78 is 0. The molecule has 1 aliphatic carbocycles. The molecular formula is C10H19ClN2OS. The van der Waals surface area contributed by atoms with Crippen molar-refractivity contribution in [3.63, 3.8) is 0 Å². The summed E-state index contributed by atoms with van der Waals surface area (Å²) in [5, 5.41) is 6.34. The fourth-order valence-electron chi connectivity index (χ4n) is 2.11. The van der Waals surface area contributed by atoms with E-state index in [2.05, 4.69) is 10.6 Å². The van der Waals surface area contributed by atoms with Crippen molar-refractivity contribution in [3.05, 3.63) is 0 Å². The Morgan fingerprint density at radius 2 is 2.00 bits per heavy atom. The maximum absolute atomic E-state index is 11.7. The van der Waals surface area contributed by atoms with E-state index in [-0.39, 0.29) is 24.4 Å². The van der Waals surface area contributed by atoms with E-state index in [4.69, 9.17) is 0 Å². The maximum Gasteiger partial charge on any atom is 0.238 e. The number of rotatable bonds is 2. The molecule has 1 heterocycles. The highest BCUT2D eigenvalue weighted by atomic mass is 35.5. The third kappa shape index (κ3) is 3.85. The molecule has 1 atom stereocenters. The van der Waals surface area contributed by atoms with Gasteiger partial charge in [0, 0.05) is 17.7 Å². The highest BCUT2D eigenvalue weighted by Crippen LogP contribution is 2.18. The van der Waals surface area contributed by atoms with Crippen LogP contribution in [-0.2, 0) is 4.79 Å². The lowest BCUT2D eigenvalue weighted by molar-refractivity contribution is -0.123. The fourth-order valence-corrected chi connectivity index (χ4v) is 3.05. The van der Waals surface area contributed by atoms with Crippen LogP contribution in [0.15, 0.2) is 0 Å². The molecular weight excluding hydrogens is 232 g/mol. The van der Waals surface area contributed by atoms with E-state index in [1.165, 1.54) is 32.1 Å². The lowest BCUT2D eigenvalue weighted by Gasteiger charge is -2.24. The van der Waals surface area contributed by atoms with Crippen molar-refractivity contribution in [2.75, 3.05) is 11.6 Å². The van der Waals surface area contributed by atoms with Crippen LogP contribution >= 0.6 is 24.2 Å². The summed E-state index contributed by atoms with van der Waals surface area (Å²) in [4.78, 5) is 11.7. The van der Waals surface area contributed by atoms with Gasteiger partial charge in [-0.2, -0.15) is 0 Å². The molecule has 2 rings (SSSR count). The third-order valence-corrected chi connectivity index (χ3v) is 3.92. The van der Waals surface area contributed by atoms with Crippen LogP contribution in [0.1, 0.15) is 32.1 Å². The van der Waals surface area contributed by atoms with Gasteiger partial charge < -0.3 is 5.32 Å². The lowest BCUT2D eigenvalue weighted by atomic mass is 9.95. The van der Waals surface area contributed by atoms with Gasteiger partial charge >= 0.3 is 0 Å². The Morgan fingerprint density at radius 1 is 1.27 bits per heavy atom. The smallest absolute Gasteiger partial charge is 0.238 e. The van der Waals surface area contributed by atoms with Crippen molar-refractivity contribution >= 4 is 30.1 Å². The van der Waals surface area contributed by atoms with Gasteiger partial charge in [0.1, 0.15) is 0 Å². The van der Waals surface area contributed by atoms with Crippen LogP contribution in [0.2, 0.25) is 0 Å². The topological polar surface area (TPSA) is 41.1 Å². The van der Waals surface area contributed by atoms with E-state index in [9.17, 15) is 4.79 Å². The Labute approximate surface area is 102 Å². The molecule has 88 valence electrons. The summed E-state index contributed by atoms with van der Waals surface area (Å²) in [7, 11) is 0. The molecule has 15 heavy (non-hydrogen) atoms. The summed E-state index contributed by atoms with van der Waals surface area (Å²) in [6.07, 6.45) is 6.23. The van der Waals surface area contributed by atoms with Gasteiger partial charge in [-0.25, -0.2) is 0 Å². The van der Waals surface area contributed by atoms with Crippen molar-refractivity contribution in [1.82, 2.24) is 10.6 Å². The first kappa shape index (κ1) is 13.1. The van der Waals surface area contributed by atoms with Gasteiger partial charge in [-0.05, 0) is 12.8 Å². The first-order valence-corrected chi connectivity index (χ1v) is 6.63. The summed E-state index contributed by atoms with van der Waals surface area (Å²) in [5.41, 5.74) is 0. The number of hydrogen-bond donors (Lipinski definition) is 2. The van der Waals surface area contributed by atoms with E-state index in [1.54, 1.807) is 11.8 Å². The molecule has 0 bridgehead atoms. The molecule has 1 unspecified atom stereocenters. The largest absolute Gasteiger partial charge is 0.352 e. The zero-order chi connectivity index (χ0) is 9.80. The molecule has 2 aliphatic rings. The highest BCUT2D eigenvalue weighted by molar-refractivity contribution is 7.99. The molecule has 1 aliphatic heterocycles. The molecule has 0 aromatic carbocycles. The Hall–Kier alpha value is 0.0700.